The first-order chi connectivity index (χ1) is 12.3. The average Bonchev–Trinajstić information content (AvgIpc) is 2.61. The molecule has 0 aliphatic heterocycles. The van der Waals surface area contributed by atoms with Gasteiger partial charge in [-0.15, -0.1) is 0 Å². The highest BCUT2D eigenvalue weighted by molar-refractivity contribution is 5.95. The number of hydrogen-bond acceptors (Lipinski definition) is 4. The zero-order chi connectivity index (χ0) is 19.2. The lowest BCUT2D eigenvalue weighted by Gasteiger charge is -2.18. The van der Waals surface area contributed by atoms with Crippen LogP contribution in [0.4, 0.5) is 5.69 Å². The zero-order valence-corrected chi connectivity index (χ0v) is 15.7. The molecule has 2 rings (SSSR count). The van der Waals surface area contributed by atoms with E-state index in [1.165, 1.54) is 0 Å². The normalized spacial score (nSPS) is 10.9. The van der Waals surface area contributed by atoms with Crippen molar-refractivity contribution in [2.24, 2.45) is 0 Å². The third kappa shape index (κ3) is 5.62. The second-order valence-corrected chi connectivity index (χ2v) is 6.91. The number of ether oxygens (including phenoxy) is 2. The maximum Gasteiger partial charge on any atom is 0.338 e. The maximum atomic E-state index is 12.1. The topological polar surface area (TPSA) is 64.6 Å². The van der Waals surface area contributed by atoms with Crippen molar-refractivity contribution in [1.82, 2.24) is 0 Å². The Labute approximate surface area is 154 Å². The van der Waals surface area contributed by atoms with Gasteiger partial charge in [-0.1, -0.05) is 32.9 Å². The first-order valence-corrected chi connectivity index (χ1v) is 8.60. The molecule has 0 aliphatic carbocycles. The molecule has 26 heavy (non-hydrogen) atoms. The summed E-state index contributed by atoms with van der Waals surface area (Å²) < 4.78 is 10.4. The number of carbonyl (C=O) groups is 2. The third-order valence-electron chi connectivity index (χ3n) is 3.77. The lowest BCUT2D eigenvalue weighted by atomic mass is 9.87. The van der Waals surface area contributed by atoms with Crippen molar-refractivity contribution in [3.05, 3.63) is 59.7 Å². The molecule has 138 valence electrons. The minimum atomic E-state index is -0.521. The minimum Gasteiger partial charge on any atom is -0.494 e. The van der Waals surface area contributed by atoms with E-state index >= 15 is 0 Å². The predicted molar refractivity (Wildman–Crippen MR) is 102 cm³/mol. The summed E-state index contributed by atoms with van der Waals surface area (Å²) in [7, 11) is 0. The summed E-state index contributed by atoms with van der Waals surface area (Å²) in [5.74, 6) is -0.184. The molecule has 5 heteroatoms. The Kier molecular flexibility index (Phi) is 6.39. The number of nitrogens with one attached hydrogen (secondary N) is 1. The molecule has 0 spiro atoms. The molecule has 5 nitrogen and oxygen atoms in total. The Morgan fingerprint density at radius 3 is 2.12 bits per heavy atom. The fourth-order valence-electron chi connectivity index (χ4n) is 2.32. The van der Waals surface area contributed by atoms with Gasteiger partial charge in [0.15, 0.2) is 6.61 Å². The quantitative estimate of drug-likeness (QED) is 0.790. The summed E-state index contributed by atoms with van der Waals surface area (Å²) >= 11 is 0. The van der Waals surface area contributed by atoms with Gasteiger partial charge in [-0.2, -0.15) is 0 Å². The van der Waals surface area contributed by atoms with E-state index in [0.29, 0.717) is 17.9 Å². The number of benzene rings is 2. The molecule has 2 aromatic rings. The largest absolute Gasteiger partial charge is 0.494 e. The van der Waals surface area contributed by atoms with Crippen LogP contribution in [0.25, 0.3) is 0 Å². The summed E-state index contributed by atoms with van der Waals surface area (Å²) in [5, 5.41) is 2.68. The molecular weight excluding hydrogens is 330 g/mol. The van der Waals surface area contributed by atoms with E-state index in [9.17, 15) is 9.59 Å². The molecule has 1 amide bonds. The Morgan fingerprint density at radius 2 is 1.58 bits per heavy atom. The summed E-state index contributed by atoms with van der Waals surface area (Å²) in [4.78, 5) is 24.0. The van der Waals surface area contributed by atoms with Gasteiger partial charge in [0.2, 0.25) is 0 Å². The zero-order valence-electron chi connectivity index (χ0n) is 15.7. The van der Waals surface area contributed by atoms with E-state index in [2.05, 4.69) is 26.1 Å². The molecule has 0 unspecified atom stereocenters. The van der Waals surface area contributed by atoms with Crippen LogP contribution in [0.1, 0.15) is 43.6 Å². The second kappa shape index (κ2) is 8.52. The van der Waals surface area contributed by atoms with Crippen LogP contribution in [0.5, 0.6) is 5.75 Å². The van der Waals surface area contributed by atoms with Crippen LogP contribution in [0, 0.1) is 0 Å². The Hall–Kier alpha value is -2.82. The van der Waals surface area contributed by atoms with E-state index in [1.807, 2.05) is 19.1 Å². The highest BCUT2D eigenvalue weighted by atomic mass is 16.5. The van der Waals surface area contributed by atoms with E-state index in [4.69, 9.17) is 9.47 Å². The summed E-state index contributed by atoms with van der Waals surface area (Å²) in [6, 6.07) is 14.2. The molecule has 0 heterocycles. The monoisotopic (exact) mass is 355 g/mol. The molecule has 0 bridgehead atoms. The predicted octanol–water partition coefficient (Wildman–Crippen LogP) is 4.18. The highest BCUT2D eigenvalue weighted by Gasteiger charge is 2.15. The van der Waals surface area contributed by atoms with Gasteiger partial charge < -0.3 is 14.8 Å². The second-order valence-electron chi connectivity index (χ2n) is 6.91. The van der Waals surface area contributed by atoms with Crippen LogP contribution in [0.2, 0.25) is 0 Å². The van der Waals surface area contributed by atoms with Crippen molar-refractivity contribution in [3.63, 3.8) is 0 Å². The number of anilines is 1. The van der Waals surface area contributed by atoms with Gasteiger partial charge in [0.25, 0.3) is 5.91 Å². The number of esters is 1. The number of rotatable bonds is 6. The van der Waals surface area contributed by atoms with Crippen LogP contribution in [-0.2, 0) is 14.9 Å². The van der Waals surface area contributed by atoms with Gasteiger partial charge >= 0.3 is 5.97 Å². The standard InChI is InChI=1S/C21H25NO4/c1-5-25-18-12-10-17(11-13-18)22-19(23)14-26-20(24)15-6-8-16(9-7-15)21(2,3)4/h6-13H,5,14H2,1-4H3,(H,22,23). The van der Waals surface area contributed by atoms with E-state index in [0.717, 1.165) is 11.3 Å². The third-order valence-corrected chi connectivity index (χ3v) is 3.77. The van der Waals surface area contributed by atoms with Crippen molar-refractivity contribution in [3.8, 4) is 5.75 Å². The molecule has 0 atom stereocenters. The Morgan fingerprint density at radius 1 is 0.962 bits per heavy atom. The van der Waals surface area contributed by atoms with E-state index < -0.39 is 11.9 Å². The Bertz CT molecular complexity index is 743. The maximum absolute atomic E-state index is 12.1. The molecule has 2 aromatic carbocycles. The SMILES string of the molecule is CCOc1ccc(NC(=O)COC(=O)c2ccc(C(C)(C)C)cc2)cc1. The molecule has 0 aliphatic rings. The molecule has 0 fully saturated rings. The van der Waals surface area contributed by atoms with Crippen LogP contribution in [-0.4, -0.2) is 25.1 Å². The number of hydrogen-bond donors (Lipinski definition) is 1. The smallest absolute Gasteiger partial charge is 0.338 e. The minimum absolute atomic E-state index is 0.0139. The lowest BCUT2D eigenvalue weighted by Crippen LogP contribution is -2.21. The molecule has 0 radical (unpaired) electrons. The van der Waals surface area contributed by atoms with Crippen molar-refractivity contribution in [2.75, 3.05) is 18.5 Å². The van der Waals surface area contributed by atoms with Gasteiger partial charge in [-0.25, -0.2) is 4.79 Å². The van der Waals surface area contributed by atoms with Crippen LogP contribution < -0.4 is 10.1 Å². The van der Waals surface area contributed by atoms with Gasteiger partial charge in [0.1, 0.15) is 5.75 Å². The summed E-state index contributed by atoms with van der Waals surface area (Å²) in [5.41, 5.74) is 2.18. The van der Waals surface area contributed by atoms with Crippen LogP contribution in [0.15, 0.2) is 48.5 Å². The van der Waals surface area contributed by atoms with Crippen molar-refractivity contribution >= 4 is 17.6 Å². The highest BCUT2D eigenvalue weighted by Crippen LogP contribution is 2.22. The van der Waals surface area contributed by atoms with Gasteiger partial charge in [0, 0.05) is 5.69 Å². The summed E-state index contributed by atoms with van der Waals surface area (Å²) in [6.45, 7) is 8.45. The fraction of sp³-hybridized carbons (Fsp3) is 0.333. The average molecular weight is 355 g/mol. The number of amides is 1. The fourth-order valence-corrected chi connectivity index (χ4v) is 2.32. The molecule has 0 saturated heterocycles. The van der Waals surface area contributed by atoms with E-state index in [1.54, 1.807) is 36.4 Å². The first-order valence-electron chi connectivity index (χ1n) is 8.60. The lowest BCUT2D eigenvalue weighted by molar-refractivity contribution is -0.119. The molecule has 0 saturated carbocycles. The molecule has 0 aromatic heterocycles. The van der Waals surface area contributed by atoms with Gasteiger partial charge in [0.05, 0.1) is 12.2 Å². The van der Waals surface area contributed by atoms with Crippen molar-refractivity contribution in [1.29, 1.82) is 0 Å². The van der Waals surface area contributed by atoms with Crippen LogP contribution in [0.3, 0.4) is 0 Å². The molecule has 1 N–H and O–H groups in total. The van der Waals surface area contributed by atoms with E-state index in [-0.39, 0.29) is 12.0 Å². The Balaban J connectivity index is 1.85. The number of carbonyl (C=O) groups excluding carboxylic acids is 2. The van der Waals surface area contributed by atoms with Gasteiger partial charge in [-0.05, 0) is 54.3 Å². The van der Waals surface area contributed by atoms with Crippen molar-refractivity contribution < 1.29 is 19.1 Å². The van der Waals surface area contributed by atoms with Gasteiger partial charge in [-0.3, -0.25) is 4.79 Å². The summed E-state index contributed by atoms with van der Waals surface area (Å²) in [6.07, 6.45) is 0. The van der Waals surface area contributed by atoms with Crippen LogP contribution >= 0.6 is 0 Å². The van der Waals surface area contributed by atoms with Crippen molar-refractivity contribution in [2.45, 2.75) is 33.1 Å². The first kappa shape index (κ1) is 19.5. The molecular formula is C21H25NO4.